The quantitative estimate of drug-likeness (QED) is 0.294. The molecular weight excluding hydrogens is 408 g/mol. The van der Waals surface area contributed by atoms with Crippen LogP contribution in [0.15, 0.2) is 24.3 Å². The van der Waals surface area contributed by atoms with Crippen molar-refractivity contribution in [2.24, 2.45) is 0 Å². The van der Waals surface area contributed by atoms with Crippen molar-refractivity contribution in [2.75, 3.05) is 13.7 Å². The summed E-state index contributed by atoms with van der Waals surface area (Å²) in [5.74, 6) is -2.01. The number of rotatable bonds is 6. The van der Waals surface area contributed by atoms with Gasteiger partial charge in [0.1, 0.15) is 12.7 Å². The second-order valence-corrected chi connectivity index (χ2v) is 6.92. The van der Waals surface area contributed by atoms with Gasteiger partial charge in [0.25, 0.3) is 5.69 Å². The summed E-state index contributed by atoms with van der Waals surface area (Å²) in [6, 6.07) is 5.75. The van der Waals surface area contributed by atoms with Crippen LogP contribution in [0.25, 0.3) is 11.1 Å². The van der Waals surface area contributed by atoms with Gasteiger partial charge in [-0.3, -0.25) is 19.9 Å². The highest BCUT2D eigenvalue weighted by Gasteiger charge is 2.32. The zero-order chi connectivity index (χ0) is 22.7. The fourth-order valence-corrected chi connectivity index (χ4v) is 3.51. The average Bonchev–Trinajstić information content (AvgIpc) is 3.16. The fourth-order valence-electron chi connectivity index (χ4n) is 3.51. The Morgan fingerprint density at radius 2 is 1.84 bits per heavy atom. The van der Waals surface area contributed by atoms with Gasteiger partial charge in [-0.1, -0.05) is 12.1 Å². The largest absolute Gasteiger partial charge is 0.465 e. The molecule has 1 aliphatic heterocycles. The molecule has 1 atom stereocenters. The molecule has 2 heterocycles. The third-order valence-corrected chi connectivity index (χ3v) is 4.89. The van der Waals surface area contributed by atoms with Crippen molar-refractivity contribution in [2.45, 2.75) is 32.8 Å². The number of ether oxygens (including phenoxy) is 3. The molecule has 0 bridgehead atoms. The first-order chi connectivity index (χ1) is 14.7. The number of nitro benzene ring substituents is 1. The van der Waals surface area contributed by atoms with Gasteiger partial charge in [-0.25, -0.2) is 9.59 Å². The third kappa shape index (κ3) is 4.37. The maximum atomic E-state index is 13.0. The van der Waals surface area contributed by atoms with Crippen molar-refractivity contribution in [1.82, 2.24) is 4.98 Å². The maximum absolute atomic E-state index is 13.0. The minimum atomic E-state index is -0.841. The van der Waals surface area contributed by atoms with Crippen molar-refractivity contribution >= 4 is 23.6 Å². The Bertz CT molecular complexity index is 1080. The number of aryl methyl sites for hydroxylation is 2. The van der Waals surface area contributed by atoms with Crippen molar-refractivity contribution in [1.29, 1.82) is 0 Å². The molecule has 10 nitrogen and oxygen atoms in total. The van der Waals surface area contributed by atoms with Crippen LogP contribution in [0.3, 0.4) is 0 Å². The predicted octanol–water partition coefficient (Wildman–Crippen LogP) is 2.92. The number of carbonyl (C=O) groups is 3. The number of cyclic esters (lactones) is 1. The molecule has 3 rings (SSSR count). The zero-order valence-corrected chi connectivity index (χ0v) is 17.2. The molecule has 2 aromatic rings. The van der Waals surface area contributed by atoms with Gasteiger partial charge in [0.05, 0.1) is 40.1 Å². The number of carbonyl (C=O) groups excluding carboxylic acids is 3. The molecular formula is C21H20N2O8. The minimum Gasteiger partial charge on any atom is -0.465 e. The van der Waals surface area contributed by atoms with E-state index >= 15 is 0 Å². The number of aromatic nitrogens is 1. The molecule has 1 aliphatic rings. The Labute approximate surface area is 177 Å². The number of para-hydroxylation sites is 1. The van der Waals surface area contributed by atoms with Crippen LogP contribution in [-0.2, 0) is 19.0 Å². The average molecular weight is 428 g/mol. The van der Waals surface area contributed by atoms with Gasteiger partial charge in [0.15, 0.2) is 0 Å². The van der Waals surface area contributed by atoms with Gasteiger partial charge in [-0.15, -0.1) is 0 Å². The minimum absolute atomic E-state index is 0.0116. The van der Waals surface area contributed by atoms with Crippen LogP contribution in [0.5, 0.6) is 0 Å². The smallest absolute Gasteiger partial charge is 0.340 e. The summed E-state index contributed by atoms with van der Waals surface area (Å²) in [6.07, 6.45) is 0.0907. The lowest BCUT2D eigenvalue weighted by atomic mass is 9.91. The molecule has 0 spiro atoms. The highest BCUT2D eigenvalue weighted by atomic mass is 16.6. The summed E-state index contributed by atoms with van der Waals surface area (Å²) in [6.45, 7) is 2.91. The van der Waals surface area contributed by atoms with Crippen LogP contribution in [0, 0.1) is 24.0 Å². The standard InChI is InChI=1S/C21H20N2O8/c1-11-17(20(25)29-3)19(14-6-4-5-7-15(14)23(27)28)18(12(2)22-11)21(26)30-10-13-8-9-16(24)31-13/h4-7,13H,8-10H2,1-3H3. The van der Waals surface area contributed by atoms with Crippen molar-refractivity contribution in [3.63, 3.8) is 0 Å². The number of pyridine rings is 1. The fraction of sp³-hybridized carbons (Fsp3) is 0.333. The van der Waals surface area contributed by atoms with Gasteiger partial charge in [-0.2, -0.15) is 0 Å². The molecule has 0 N–H and O–H groups in total. The Morgan fingerprint density at radius 3 is 2.42 bits per heavy atom. The lowest BCUT2D eigenvalue weighted by Crippen LogP contribution is -2.21. The molecule has 1 saturated heterocycles. The second-order valence-electron chi connectivity index (χ2n) is 6.92. The zero-order valence-electron chi connectivity index (χ0n) is 17.2. The van der Waals surface area contributed by atoms with E-state index in [1.54, 1.807) is 19.9 Å². The number of nitrogens with zero attached hydrogens (tertiary/aromatic N) is 2. The third-order valence-electron chi connectivity index (χ3n) is 4.89. The maximum Gasteiger partial charge on any atom is 0.340 e. The van der Waals surface area contributed by atoms with Gasteiger partial charge in [-0.05, 0) is 26.3 Å². The Balaban J connectivity index is 2.17. The van der Waals surface area contributed by atoms with E-state index in [-0.39, 0.29) is 58.3 Å². The molecule has 0 saturated carbocycles. The van der Waals surface area contributed by atoms with Crippen LogP contribution in [0.2, 0.25) is 0 Å². The van der Waals surface area contributed by atoms with Gasteiger partial charge in [0, 0.05) is 18.1 Å². The van der Waals surface area contributed by atoms with Crippen LogP contribution >= 0.6 is 0 Å². The van der Waals surface area contributed by atoms with E-state index in [0.717, 1.165) is 7.11 Å². The number of benzene rings is 1. The molecule has 10 heteroatoms. The van der Waals surface area contributed by atoms with E-state index < -0.39 is 23.0 Å². The molecule has 1 aromatic heterocycles. The van der Waals surface area contributed by atoms with E-state index in [0.29, 0.717) is 6.42 Å². The van der Waals surface area contributed by atoms with E-state index in [1.807, 2.05) is 0 Å². The summed E-state index contributed by atoms with van der Waals surface area (Å²) < 4.78 is 15.2. The van der Waals surface area contributed by atoms with Crippen LogP contribution in [0.4, 0.5) is 5.69 Å². The van der Waals surface area contributed by atoms with Gasteiger partial charge < -0.3 is 14.2 Å². The first-order valence-corrected chi connectivity index (χ1v) is 9.44. The molecule has 31 heavy (non-hydrogen) atoms. The number of esters is 3. The molecule has 0 aliphatic carbocycles. The summed E-state index contributed by atoms with van der Waals surface area (Å²) in [5, 5.41) is 11.6. The van der Waals surface area contributed by atoms with Crippen LogP contribution < -0.4 is 0 Å². The summed E-state index contributed by atoms with van der Waals surface area (Å²) in [5.41, 5.74) is 0.0894. The van der Waals surface area contributed by atoms with E-state index in [1.165, 1.54) is 18.2 Å². The van der Waals surface area contributed by atoms with Crippen molar-refractivity contribution in [3.05, 3.63) is 56.9 Å². The van der Waals surface area contributed by atoms with Crippen LogP contribution in [0.1, 0.15) is 44.9 Å². The topological polar surface area (TPSA) is 135 Å². The summed E-state index contributed by atoms with van der Waals surface area (Å²) in [4.78, 5) is 52.1. The summed E-state index contributed by atoms with van der Waals surface area (Å²) in [7, 11) is 1.16. The van der Waals surface area contributed by atoms with E-state index in [9.17, 15) is 24.5 Å². The monoisotopic (exact) mass is 428 g/mol. The Morgan fingerprint density at radius 1 is 1.19 bits per heavy atom. The molecule has 0 amide bonds. The van der Waals surface area contributed by atoms with Crippen molar-refractivity contribution in [3.8, 4) is 11.1 Å². The Hall–Kier alpha value is -3.82. The Kier molecular flexibility index (Phi) is 6.28. The number of hydrogen-bond donors (Lipinski definition) is 0. The molecule has 0 radical (unpaired) electrons. The molecule has 1 aromatic carbocycles. The van der Waals surface area contributed by atoms with E-state index in [4.69, 9.17) is 14.2 Å². The number of methoxy groups -OCH3 is 1. The van der Waals surface area contributed by atoms with E-state index in [2.05, 4.69) is 4.98 Å². The highest BCUT2D eigenvalue weighted by Crippen LogP contribution is 2.37. The van der Waals surface area contributed by atoms with Gasteiger partial charge in [0.2, 0.25) is 0 Å². The second kappa shape index (κ2) is 8.90. The first kappa shape index (κ1) is 21.9. The predicted molar refractivity (Wildman–Crippen MR) is 107 cm³/mol. The highest BCUT2D eigenvalue weighted by molar-refractivity contribution is 6.08. The van der Waals surface area contributed by atoms with Gasteiger partial charge >= 0.3 is 17.9 Å². The lowest BCUT2D eigenvalue weighted by molar-refractivity contribution is -0.384. The number of nitro groups is 1. The lowest BCUT2D eigenvalue weighted by Gasteiger charge is -2.18. The first-order valence-electron chi connectivity index (χ1n) is 9.44. The molecule has 1 fully saturated rings. The normalized spacial score (nSPS) is 15.3. The summed E-state index contributed by atoms with van der Waals surface area (Å²) >= 11 is 0. The SMILES string of the molecule is COC(=O)c1c(C)nc(C)c(C(=O)OCC2CCC(=O)O2)c1-c1ccccc1[N+](=O)[O-]. The molecule has 1 unspecified atom stereocenters. The van der Waals surface area contributed by atoms with Crippen LogP contribution in [-0.4, -0.2) is 47.6 Å². The van der Waals surface area contributed by atoms with Crippen molar-refractivity contribution < 1.29 is 33.5 Å². The number of hydrogen-bond acceptors (Lipinski definition) is 9. The molecule has 162 valence electrons.